The van der Waals surface area contributed by atoms with Gasteiger partial charge in [-0.2, -0.15) is 0 Å². The van der Waals surface area contributed by atoms with Crippen LogP contribution in [0.3, 0.4) is 0 Å². The van der Waals surface area contributed by atoms with Crippen molar-refractivity contribution >= 4 is 10.8 Å². The Hall–Kier alpha value is 0.110. The van der Waals surface area contributed by atoms with Crippen molar-refractivity contribution in [2.24, 2.45) is 11.8 Å². The topological polar surface area (TPSA) is 29.1 Å². The van der Waals surface area contributed by atoms with Gasteiger partial charge in [-0.15, -0.1) is 0 Å². The van der Waals surface area contributed by atoms with Gasteiger partial charge in [-0.3, -0.25) is 4.21 Å². The summed E-state index contributed by atoms with van der Waals surface area (Å²) in [4.78, 5) is 0. The van der Waals surface area contributed by atoms with E-state index in [1.165, 1.54) is 25.7 Å². The van der Waals surface area contributed by atoms with Crippen LogP contribution >= 0.6 is 0 Å². The zero-order chi connectivity index (χ0) is 10.8. The quantitative estimate of drug-likeness (QED) is 0.780. The molecule has 0 heterocycles. The summed E-state index contributed by atoms with van der Waals surface area (Å²) in [6.07, 6.45) is 8.64. The molecule has 2 nitrogen and oxygen atoms in total. The number of fused-ring (bicyclic) bond motifs is 2. The van der Waals surface area contributed by atoms with Crippen LogP contribution in [0.1, 0.15) is 39.0 Å². The lowest BCUT2D eigenvalue weighted by Gasteiger charge is -2.23. The van der Waals surface area contributed by atoms with E-state index in [2.05, 4.69) is 12.2 Å². The molecule has 1 N–H and O–H groups in total. The van der Waals surface area contributed by atoms with Gasteiger partial charge in [-0.25, -0.2) is 0 Å². The Bertz CT molecular complexity index is 244. The molecule has 2 aliphatic rings. The molecule has 2 rings (SSSR count). The molecule has 0 saturated heterocycles. The largest absolute Gasteiger partial charge is 0.314 e. The van der Waals surface area contributed by atoms with Gasteiger partial charge in [0.15, 0.2) is 0 Å². The third kappa shape index (κ3) is 2.82. The lowest BCUT2D eigenvalue weighted by Crippen LogP contribution is -2.35. The minimum Gasteiger partial charge on any atom is -0.314 e. The van der Waals surface area contributed by atoms with Crippen molar-refractivity contribution in [3.63, 3.8) is 0 Å². The third-order valence-corrected chi connectivity index (χ3v) is 5.63. The zero-order valence-electron chi connectivity index (χ0n) is 9.87. The minimum atomic E-state index is -0.655. The molecule has 0 radical (unpaired) electrons. The van der Waals surface area contributed by atoms with Crippen LogP contribution in [-0.4, -0.2) is 28.3 Å². The van der Waals surface area contributed by atoms with Crippen LogP contribution in [0.2, 0.25) is 0 Å². The van der Waals surface area contributed by atoms with Gasteiger partial charge in [0.05, 0.1) is 0 Å². The Morgan fingerprint density at radius 3 is 2.73 bits per heavy atom. The Balaban J connectivity index is 1.64. The lowest BCUT2D eigenvalue weighted by atomic mass is 9.95. The van der Waals surface area contributed by atoms with Crippen molar-refractivity contribution in [2.75, 3.05) is 12.8 Å². The normalized spacial score (nSPS) is 38.1. The summed E-state index contributed by atoms with van der Waals surface area (Å²) in [6, 6.07) is 0.779. The second-order valence-electron chi connectivity index (χ2n) is 5.33. The molecule has 5 unspecified atom stereocenters. The maximum atomic E-state index is 11.2. The van der Waals surface area contributed by atoms with E-state index in [4.69, 9.17) is 0 Å². The van der Waals surface area contributed by atoms with Gasteiger partial charge in [0.25, 0.3) is 0 Å². The number of hydrogen-bond acceptors (Lipinski definition) is 2. The average molecular weight is 229 g/mol. The SMILES string of the molecule is CC(CCNC1CC2CCC1C2)S(C)=O. The van der Waals surface area contributed by atoms with Crippen LogP contribution in [0.15, 0.2) is 0 Å². The highest BCUT2D eigenvalue weighted by molar-refractivity contribution is 7.84. The summed E-state index contributed by atoms with van der Waals surface area (Å²) in [7, 11) is -0.655. The first kappa shape index (κ1) is 11.6. The molecule has 2 aliphatic carbocycles. The predicted octanol–water partition coefficient (Wildman–Crippen LogP) is 1.92. The van der Waals surface area contributed by atoms with E-state index in [1.54, 1.807) is 0 Å². The van der Waals surface area contributed by atoms with Crippen molar-refractivity contribution in [1.29, 1.82) is 0 Å². The minimum absolute atomic E-state index is 0.344. The van der Waals surface area contributed by atoms with E-state index in [0.717, 1.165) is 30.8 Å². The van der Waals surface area contributed by atoms with Crippen molar-refractivity contribution in [2.45, 2.75) is 50.3 Å². The van der Waals surface area contributed by atoms with Crippen molar-refractivity contribution in [3.05, 3.63) is 0 Å². The van der Waals surface area contributed by atoms with Gasteiger partial charge in [-0.1, -0.05) is 13.3 Å². The van der Waals surface area contributed by atoms with Crippen LogP contribution in [-0.2, 0) is 10.8 Å². The molecule has 88 valence electrons. The zero-order valence-corrected chi connectivity index (χ0v) is 10.7. The van der Waals surface area contributed by atoms with Crippen molar-refractivity contribution in [1.82, 2.24) is 5.32 Å². The lowest BCUT2D eigenvalue weighted by molar-refractivity contribution is 0.351. The fourth-order valence-corrected chi connectivity index (χ4v) is 3.58. The molecular weight excluding hydrogens is 206 g/mol. The average Bonchev–Trinajstić information content (AvgIpc) is 2.78. The summed E-state index contributed by atoms with van der Waals surface area (Å²) >= 11 is 0. The fraction of sp³-hybridized carbons (Fsp3) is 1.00. The molecule has 2 fully saturated rings. The Morgan fingerprint density at radius 2 is 2.20 bits per heavy atom. The molecular formula is C12H23NOS. The molecule has 0 aromatic heterocycles. The van der Waals surface area contributed by atoms with Gasteiger partial charge < -0.3 is 5.32 Å². The first-order chi connectivity index (χ1) is 7.16. The summed E-state index contributed by atoms with van der Waals surface area (Å²) in [5.41, 5.74) is 0. The van der Waals surface area contributed by atoms with Gasteiger partial charge in [0, 0.05) is 28.3 Å². The molecule has 2 saturated carbocycles. The molecule has 0 aliphatic heterocycles. The number of hydrogen-bond donors (Lipinski definition) is 1. The van der Waals surface area contributed by atoms with Crippen molar-refractivity contribution in [3.8, 4) is 0 Å². The first-order valence-electron chi connectivity index (χ1n) is 6.22. The van der Waals surface area contributed by atoms with Crippen LogP contribution in [0, 0.1) is 11.8 Å². The van der Waals surface area contributed by atoms with Crippen LogP contribution in [0.25, 0.3) is 0 Å². The molecule has 0 aromatic carbocycles. The number of rotatable bonds is 5. The summed E-state index contributed by atoms with van der Waals surface area (Å²) < 4.78 is 11.2. The van der Waals surface area contributed by atoms with E-state index in [0.29, 0.717) is 5.25 Å². The number of nitrogens with one attached hydrogen (secondary N) is 1. The Morgan fingerprint density at radius 1 is 1.40 bits per heavy atom. The van der Waals surface area contributed by atoms with Crippen LogP contribution in [0.4, 0.5) is 0 Å². The maximum Gasteiger partial charge on any atom is 0.0329 e. The highest BCUT2D eigenvalue weighted by Gasteiger charge is 2.38. The standard InChI is InChI=1S/C12H23NOS/c1-9(15(2)14)5-6-13-12-8-10-3-4-11(12)7-10/h9-13H,3-8H2,1-2H3. The smallest absolute Gasteiger partial charge is 0.0329 e. The highest BCUT2D eigenvalue weighted by atomic mass is 32.2. The highest BCUT2D eigenvalue weighted by Crippen LogP contribution is 2.44. The van der Waals surface area contributed by atoms with Gasteiger partial charge in [0.2, 0.25) is 0 Å². The van der Waals surface area contributed by atoms with E-state index >= 15 is 0 Å². The van der Waals surface area contributed by atoms with Gasteiger partial charge >= 0.3 is 0 Å². The van der Waals surface area contributed by atoms with Gasteiger partial charge in [-0.05, 0) is 44.1 Å². The molecule has 0 aromatic rings. The molecule has 3 heteroatoms. The molecule has 2 bridgehead atoms. The third-order valence-electron chi connectivity index (χ3n) is 4.26. The van der Waals surface area contributed by atoms with E-state index < -0.39 is 10.8 Å². The van der Waals surface area contributed by atoms with Crippen LogP contribution in [0.5, 0.6) is 0 Å². The first-order valence-corrected chi connectivity index (χ1v) is 7.84. The molecule has 15 heavy (non-hydrogen) atoms. The van der Waals surface area contributed by atoms with E-state index in [9.17, 15) is 4.21 Å². The Labute approximate surface area is 95.7 Å². The summed E-state index contributed by atoms with van der Waals surface area (Å²) in [5, 5.41) is 4.01. The second kappa shape index (κ2) is 4.96. The summed E-state index contributed by atoms with van der Waals surface area (Å²) in [6.45, 7) is 3.13. The maximum absolute atomic E-state index is 11.2. The fourth-order valence-electron chi connectivity index (χ4n) is 3.13. The summed E-state index contributed by atoms with van der Waals surface area (Å²) in [5.74, 6) is 1.97. The Kier molecular flexibility index (Phi) is 3.83. The van der Waals surface area contributed by atoms with Crippen LogP contribution < -0.4 is 5.32 Å². The molecule has 0 spiro atoms. The van der Waals surface area contributed by atoms with E-state index in [-0.39, 0.29) is 0 Å². The van der Waals surface area contributed by atoms with E-state index in [1.807, 2.05) is 6.26 Å². The second-order valence-corrected chi connectivity index (χ2v) is 7.14. The van der Waals surface area contributed by atoms with Gasteiger partial charge in [0.1, 0.15) is 0 Å². The molecule has 0 amide bonds. The monoisotopic (exact) mass is 229 g/mol. The van der Waals surface area contributed by atoms with Crippen molar-refractivity contribution < 1.29 is 4.21 Å². The predicted molar refractivity (Wildman–Crippen MR) is 65.4 cm³/mol. The molecule has 5 atom stereocenters.